The molecule has 1 aliphatic carbocycles. The van der Waals surface area contributed by atoms with Gasteiger partial charge in [0.05, 0.1) is 15.9 Å². The van der Waals surface area contributed by atoms with Gasteiger partial charge in [0.15, 0.2) is 0 Å². The van der Waals surface area contributed by atoms with Crippen LogP contribution in [0.25, 0.3) is 10.4 Å². The van der Waals surface area contributed by atoms with E-state index in [4.69, 9.17) is 0 Å². The molecular weight excluding hydrogens is 430 g/mol. The van der Waals surface area contributed by atoms with Crippen LogP contribution < -0.4 is 5.32 Å². The van der Waals surface area contributed by atoms with E-state index >= 15 is 0 Å². The highest BCUT2D eigenvalue weighted by Crippen LogP contribution is 2.50. The van der Waals surface area contributed by atoms with Gasteiger partial charge < -0.3 is 10.2 Å². The second-order valence-electron chi connectivity index (χ2n) is 9.47. The summed E-state index contributed by atoms with van der Waals surface area (Å²) in [6.07, 6.45) is 1.13. The maximum Gasteiger partial charge on any atom is 0.274 e. The van der Waals surface area contributed by atoms with Crippen LogP contribution in [0.4, 0.5) is 0 Å². The maximum absolute atomic E-state index is 13.7. The lowest BCUT2D eigenvalue weighted by Gasteiger charge is -2.27. The Morgan fingerprint density at radius 3 is 2.67 bits per heavy atom. The highest BCUT2D eigenvalue weighted by atomic mass is 32.1. The summed E-state index contributed by atoms with van der Waals surface area (Å²) in [4.78, 5) is 34.0. The number of rotatable bonds is 5. The lowest BCUT2D eigenvalue weighted by atomic mass is 10.1. The van der Waals surface area contributed by atoms with E-state index in [0.29, 0.717) is 29.6 Å². The minimum Gasteiger partial charge on any atom is -0.350 e. The Kier molecular flexibility index (Phi) is 5.57. The summed E-state index contributed by atoms with van der Waals surface area (Å²) in [5.41, 5.74) is 5.67. The van der Waals surface area contributed by atoms with Crippen molar-refractivity contribution in [1.29, 1.82) is 0 Å². The molecule has 2 aliphatic rings. The minimum absolute atomic E-state index is 0.0189. The minimum atomic E-state index is -0.0837. The Balaban J connectivity index is 1.35. The Morgan fingerprint density at radius 2 is 1.91 bits per heavy atom. The number of likely N-dealkylation sites (tertiary alicyclic amines) is 1. The Hall–Kier alpha value is -2.99. The van der Waals surface area contributed by atoms with Gasteiger partial charge >= 0.3 is 0 Å². The molecule has 0 unspecified atom stereocenters. The highest BCUT2D eigenvalue weighted by Gasteiger charge is 2.54. The van der Waals surface area contributed by atoms with Gasteiger partial charge in [-0.2, -0.15) is 0 Å². The summed E-state index contributed by atoms with van der Waals surface area (Å²) in [7, 11) is 0. The number of nitrogens with zero attached hydrogens (tertiary/aromatic N) is 2. The molecule has 5 rings (SSSR count). The van der Waals surface area contributed by atoms with Crippen molar-refractivity contribution in [2.24, 2.45) is 11.8 Å². The molecule has 1 N–H and O–H groups in total. The topological polar surface area (TPSA) is 62.3 Å². The summed E-state index contributed by atoms with van der Waals surface area (Å²) in [6, 6.07) is 14.0. The van der Waals surface area contributed by atoms with Crippen LogP contribution in [-0.2, 0) is 0 Å². The predicted octanol–water partition coefficient (Wildman–Crippen LogP) is 4.93. The summed E-state index contributed by atoms with van der Waals surface area (Å²) < 4.78 is 0. The van der Waals surface area contributed by atoms with Gasteiger partial charge in [-0.1, -0.05) is 35.9 Å². The summed E-state index contributed by atoms with van der Waals surface area (Å²) in [5.74, 6) is 0.906. The molecule has 3 aromatic rings. The fraction of sp³-hybridized carbons (Fsp3) is 0.370. The Labute approximate surface area is 198 Å². The standard InChI is InChI=1S/C27H29N3O2S/c1-15-6-5-7-19(10-15)25-24(29-18(4)33-25)27(32)30-14-21-12-22(21)23(30)13-28-26(31)20-9-8-16(2)17(3)11-20/h5-11,21-23H,12-14H2,1-4H3,(H,28,31)/t21-,22-,23+/m0/s1. The van der Waals surface area contributed by atoms with Gasteiger partial charge in [0.2, 0.25) is 0 Å². The summed E-state index contributed by atoms with van der Waals surface area (Å²) in [5, 5.41) is 3.98. The van der Waals surface area contributed by atoms with Crippen molar-refractivity contribution in [2.75, 3.05) is 13.1 Å². The third-order valence-corrected chi connectivity index (χ3v) is 8.04. The Morgan fingerprint density at radius 1 is 1.09 bits per heavy atom. The monoisotopic (exact) mass is 459 g/mol. The highest BCUT2D eigenvalue weighted by molar-refractivity contribution is 7.15. The number of carbonyl (C=O) groups is 2. The number of thiazole rings is 1. The third-order valence-electron chi connectivity index (χ3n) is 7.02. The van der Waals surface area contributed by atoms with Crippen molar-refractivity contribution in [3.63, 3.8) is 0 Å². The van der Waals surface area contributed by atoms with Gasteiger partial charge in [-0.15, -0.1) is 11.3 Å². The smallest absolute Gasteiger partial charge is 0.274 e. The zero-order valence-corrected chi connectivity index (χ0v) is 20.3. The van der Waals surface area contributed by atoms with E-state index in [1.807, 2.05) is 56.0 Å². The van der Waals surface area contributed by atoms with Gasteiger partial charge in [0.25, 0.3) is 11.8 Å². The first-order valence-corrected chi connectivity index (χ1v) is 12.3. The number of carbonyl (C=O) groups excluding carboxylic acids is 2. The van der Waals surface area contributed by atoms with E-state index in [9.17, 15) is 9.59 Å². The average Bonchev–Trinajstić information content (AvgIpc) is 3.30. The number of piperidine rings is 1. The zero-order valence-electron chi connectivity index (χ0n) is 19.5. The van der Waals surface area contributed by atoms with Crippen LogP contribution in [0.1, 0.15) is 49.0 Å². The number of amides is 2. The predicted molar refractivity (Wildman–Crippen MR) is 132 cm³/mol. The molecule has 1 aromatic heterocycles. The first-order chi connectivity index (χ1) is 15.8. The van der Waals surface area contributed by atoms with Crippen LogP contribution in [0.3, 0.4) is 0 Å². The fourth-order valence-electron chi connectivity index (χ4n) is 4.94. The summed E-state index contributed by atoms with van der Waals surface area (Å²) >= 11 is 1.57. The van der Waals surface area contributed by atoms with Gasteiger partial charge in [-0.25, -0.2) is 4.98 Å². The second kappa shape index (κ2) is 8.41. The molecule has 5 nitrogen and oxygen atoms in total. The molecule has 170 valence electrons. The van der Waals surface area contributed by atoms with Crippen LogP contribution in [0, 0.1) is 39.5 Å². The fourth-order valence-corrected chi connectivity index (χ4v) is 5.85. The number of hydrogen-bond acceptors (Lipinski definition) is 4. The maximum atomic E-state index is 13.7. The lowest BCUT2D eigenvalue weighted by molar-refractivity contribution is 0.0690. The van der Waals surface area contributed by atoms with Crippen LogP contribution >= 0.6 is 11.3 Å². The normalized spacial score (nSPS) is 21.1. The molecule has 0 bridgehead atoms. The molecule has 6 heteroatoms. The number of hydrogen-bond donors (Lipinski definition) is 1. The molecule has 33 heavy (non-hydrogen) atoms. The molecule has 2 amide bonds. The van der Waals surface area contributed by atoms with Crippen molar-refractivity contribution in [3.05, 3.63) is 75.4 Å². The van der Waals surface area contributed by atoms with Crippen molar-refractivity contribution in [2.45, 2.75) is 40.2 Å². The molecular formula is C27H29N3O2S. The van der Waals surface area contributed by atoms with E-state index in [1.165, 1.54) is 5.56 Å². The number of aryl methyl sites for hydroxylation is 4. The average molecular weight is 460 g/mol. The van der Waals surface area contributed by atoms with Crippen LogP contribution in [0.15, 0.2) is 42.5 Å². The van der Waals surface area contributed by atoms with E-state index in [1.54, 1.807) is 11.3 Å². The van der Waals surface area contributed by atoms with Gasteiger partial charge in [0.1, 0.15) is 5.69 Å². The van der Waals surface area contributed by atoms with Gasteiger partial charge in [-0.3, -0.25) is 9.59 Å². The first-order valence-electron chi connectivity index (χ1n) is 11.5. The quantitative estimate of drug-likeness (QED) is 0.588. The Bertz CT molecular complexity index is 1250. The molecule has 2 aromatic carbocycles. The largest absolute Gasteiger partial charge is 0.350 e. The van der Waals surface area contributed by atoms with E-state index in [2.05, 4.69) is 29.4 Å². The van der Waals surface area contributed by atoms with Gasteiger partial charge in [-0.05, 0) is 74.8 Å². The van der Waals surface area contributed by atoms with Crippen LogP contribution in [0.2, 0.25) is 0 Å². The van der Waals surface area contributed by atoms with Crippen molar-refractivity contribution < 1.29 is 9.59 Å². The molecule has 2 fully saturated rings. The number of nitrogens with one attached hydrogen (secondary N) is 1. The molecule has 1 saturated heterocycles. The van der Waals surface area contributed by atoms with E-state index < -0.39 is 0 Å². The SMILES string of the molecule is Cc1cccc(-c2sc(C)nc2C(=O)N2C[C@@H]3C[C@@H]3[C@H]2CNC(=O)c2ccc(C)c(C)c2)c1. The van der Waals surface area contributed by atoms with Crippen molar-refractivity contribution in [3.8, 4) is 10.4 Å². The molecule has 1 aliphatic heterocycles. The summed E-state index contributed by atoms with van der Waals surface area (Å²) in [6.45, 7) is 9.28. The lowest BCUT2D eigenvalue weighted by Crippen LogP contribution is -2.45. The first kappa shape index (κ1) is 21.8. The number of fused-ring (bicyclic) bond motifs is 1. The van der Waals surface area contributed by atoms with Crippen molar-refractivity contribution in [1.82, 2.24) is 15.2 Å². The third kappa shape index (κ3) is 4.20. The second-order valence-corrected chi connectivity index (χ2v) is 10.7. The van der Waals surface area contributed by atoms with E-state index in [0.717, 1.165) is 39.5 Å². The van der Waals surface area contributed by atoms with Crippen LogP contribution in [0.5, 0.6) is 0 Å². The number of benzene rings is 2. The van der Waals surface area contributed by atoms with Crippen molar-refractivity contribution >= 4 is 23.2 Å². The van der Waals surface area contributed by atoms with E-state index in [-0.39, 0.29) is 17.9 Å². The van der Waals surface area contributed by atoms with Gasteiger partial charge in [0, 0.05) is 18.7 Å². The number of aromatic nitrogens is 1. The molecule has 2 heterocycles. The zero-order chi connectivity index (χ0) is 23.3. The van der Waals surface area contributed by atoms with Crippen LogP contribution in [-0.4, -0.2) is 40.8 Å². The molecule has 0 radical (unpaired) electrons. The molecule has 3 atom stereocenters. The molecule has 1 saturated carbocycles. The molecule has 0 spiro atoms.